The highest BCUT2D eigenvalue weighted by Crippen LogP contribution is 2.60. The van der Waals surface area contributed by atoms with Gasteiger partial charge >= 0.3 is 5.97 Å². The Balaban J connectivity index is 1.95. The summed E-state index contributed by atoms with van der Waals surface area (Å²) in [4.78, 5) is 10.6. The molecule has 0 amide bonds. The molecule has 2 aliphatic carbocycles. The van der Waals surface area contributed by atoms with E-state index >= 15 is 0 Å². The van der Waals surface area contributed by atoms with Gasteiger partial charge in [0.15, 0.2) is 0 Å². The minimum atomic E-state index is -0.607. The van der Waals surface area contributed by atoms with E-state index in [9.17, 15) is 4.79 Å². The molecule has 1 N–H and O–H groups in total. The minimum Gasteiger partial charge on any atom is -0.481 e. The first-order valence-corrected chi connectivity index (χ1v) is 4.44. The summed E-state index contributed by atoms with van der Waals surface area (Å²) in [6.45, 7) is 1.85. The van der Waals surface area contributed by atoms with Crippen molar-refractivity contribution >= 4 is 5.97 Å². The van der Waals surface area contributed by atoms with Crippen LogP contribution in [-0.4, -0.2) is 11.1 Å². The molecule has 2 nitrogen and oxygen atoms in total. The Kier molecular flexibility index (Phi) is 1.44. The van der Waals surface area contributed by atoms with Crippen molar-refractivity contribution in [2.45, 2.75) is 26.2 Å². The molecule has 0 aliphatic heterocycles. The van der Waals surface area contributed by atoms with Gasteiger partial charge in [0.05, 0.1) is 5.92 Å². The van der Waals surface area contributed by atoms with E-state index < -0.39 is 5.97 Å². The van der Waals surface area contributed by atoms with Gasteiger partial charge in [-0.3, -0.25) is 4.79 Å². The van der Waals surface area contributed by atoms with E-state index in [1.807, 2.05) is 6.92 Å². The van der Waals surface area contributed by atoms with Crippen molar-refractivity contribution in [2.24, 2.45) is 23.7 Å². The number of carboxylic acid groups (broad SMARTS) is 1. The van der Waals surface area contributed by atoms with E-state index in [-0.39, 0.29) is 5.92 Å². The van der Waals surface area contributed by atoms with E-state index in [1.54, 1.807) is 0 Å². The van der Waals surface area contributed by atoms with Gasteiger partial charge in [0, 0.05) is 0 Å². The fourth-order valence-electron chi connectivity index (χ4n) is 2.78. The number of carboxylic acids is 1. The van der Waals surface area contributed by atoms with E-state index in [4.69, 9.17) is 5.11 Å². The maximum Gasteiger partial charge on any atom is 0.306 e. The van der Waals surface area contributed by atoms with Crippen LogP contribution < -0.4 is 0 Å². The van der Waals surface area contributed by atoms with Crippen LogP contribution in [0.2, 0.25) is 0 Å². The zero-order chi connectivity index (χ0) is 8.01. The van der Waals surface area contributed by atoms with Gasteiger partial charge in [0.25, 0.3) is 0 Å². The van der Waals surface area contributed by atoms with Gasteiger partial charge in [-0.2, -0.15) is 0 Å². The van der Waals surface area contributed by atoms with Crippen molar-refractivity contribution in [1.82, 2.24) is 0 Å². The van der Waals surface area contributed by atoms with Crippen LogP contribution in [0.15, 0.2) is 0 Å². The molecule has 0 aromatic heterocycles. The SMILES string of the molecule is CC(C(=O)O)C1C2CCCC21. The van der Waals surface area contributed by atoms with E-state index in [2.05, 4.69) is 0 Å². The maximum absolute atomic E-state index is 10.6. The van der Waals surface area contributed by atoms with Crippen LogP contribution in [0.5, 0.6) is 0 Å². The predicted molar refractivity (Wildman–Crippen MR) is 41.1 cm³/mol. The van der Waals surface area contributed by atoms with Crippen molar-refractivity contribution in [1.29, 1.82) is 0 Å². The normalized spacial score (nSPS) is 43.2. The number of hydrogen-bond acceptors (Lipinski definition) is 1. The lowest BCUT2D eigenvalue weighted by molar-refractivity contribution is -0.142. The topological polar surface area (TPSA) is 37.3 Å². The molecule has 2 fully saturated rings. The molecule has 0 radical (unpaired) electrons. The highest BCUT2D eigenvalue weighted by Gasteiger charge is 2.56. The molecule has 0 aromatic carbocycles. The molecule has 0 bridgehead atoms. The minimum absolute atomic E-state index is 0.0923. The summed E-state index contributed by atoms with van der Waals surface area (Å²) in [5.41, 5.74) is 0. The lowest BCUT2D eigenvalue weighted by atomic mass is 9.99. The summed E-state index contributed by atoms with van der Waals surface area (Å²) < 4.78 is 0. The van der Waals surface area contributed by atoms with E-state index in [0.717, 1.165) is 11.8 Å². The van der Waals surface area contributed by atoms with Gasteiger partial charge < -0.3 is 5.11 Å². The molecular weight excluding hydrogens is 140 g/mol. The second-order valence-electron chi connectivity index (χ2n) is 3.96. The Morgan fingerprint density at radius 2 is 2.00 bits per heavy atom. The van der Waals surface area contributed by atoms with E-state index in [1.165, 1.54) is 19.3 Å². The molecule has 2 saturated carbocycles. The molecular formula is C9H14O2. The summed E-state index contributed by atoms with van der Waals surface area (Å²) >= 11 is 0. The zero-order valence-electron chi connectivity index (χ0n) is 6.79. The Morgan fingerprint density at radius 1 is 1.45 bits per heavy atom. The largest absolute Gasteiger partial charge is 0.481 e. The predicted octanol–water partition coefficient (Wildman–Crippen LogP) is 1.75. The summed E-state index contributed by atoms with van der Waals surface area (Å²) in [7, 11) is 0. The van der Waals surface area contributed by atoms with Crippen molar-refractivity contribution in [3.05, 3.63) is 0 Å². The van der Waals surface area contributed by atoms with Crippen LogP contribution in [0, 0.1) is 23.7 Å². The van der Waals surface area contributed by atoms with Gasteiger partial charge in [-0.05, 0) is 30.6 Å². The monoisotopic (exact) mass is 154 g/mol. The smallest absolute Gasteiger partial charge is 0.306 e. The Morgan fingerprint density at radius 3 is 2.45 bits per heavy atom. The molecule has 3 atom stereocenters. The molecule has 0 aromatic rings. The Labute approximate surface area is 66.6 Å². The van der Waals surface area contributed by atoms with E-state index in [0.29, 0.717) is 5.92 Å². The summed E-state index contributed by atoms with van der Waals surface area (Å²) in [6.07, 6.45) is 3.90. The lowest BCUT2D eigenvalue weighted by Crippen LogP contribution is -2.14. The first-order chi connectivity index (χ1) is 5.22. The second-order valence-corrected chi connectivity index (χ2v) is 3.96. The summed E-state index contributed by atoms with van der Waals surface area (Å²) in [5.74, 6) is 1.39. The van der Waals surface area contributed by atoms with Gasteiger partial charge in [0.1, 0.15) is 0 Å². The average Bonchev–Trinajstić information content (AvgIpc) is 2.41. The zero-order valence-corrected chi connectivity index (χ0v) is 6.79. The fraction of sp³-hybridized carbons (Fsp3) is 0.889. The molecule has 0 heterocycles. The molecule has 2 rings (SSSR count). The highest BCUT2D eigenvalue weighted by molar-refractivity contribution is 5.70. The van der Waals surface area contributed by atoms with Gasteiger partial charge in [-0.1, -0.05) is 13.3 Å². The summed E-state index contributed by atoms with van der Waals surface area (Å²) in [6, 6.07) is 0. The Hall–Kier alpha value is -0.530. The molecule has 11 heavy (non-hydrogen) atoms. The number of fused-ring (bicyclic) bond motifs is 1. The number of aliphatic carboxylic acids is 1. The molecule has 3 unspecified atom stereocenters. The fourth-order valence-corrected chi connectivity index (χ4v) is 2.78. The Bertz CT molecular complexity index is 178. The number of carbonyl (C=O) groups is 1. The van der Waals surface area contributed by atoms with Crippen molar-refractivity contribution in [3.8, 4) is 0 Å². The van der Waals surface area contributed by atoms with Crippen molar-refractivity contribution in [2.75, 3.05) is 0 Å². The van der Waals surface area contributed by atoms with Gasteiger partial charge in [-0.25, -0.2) is 0 Å². The second kappa shape index (κ2) is 2.23. The number of hydrogen-bond donors (Lipinski definition) is 1. The molecule has 0 saturated heterocycles. The van der Waals surface area contributed by atoms with Crippen LogP contribution in [0.25, 0.3) is 0 Å². The highest BCUT2D eigenvalue weighted by atomic mass is 16.4. The van der Waals surface area contributed by atoms with Crippen LogP contribution in [0.3, 0.4) is 0 Å². The first-order valence-electron chi connectivity index (χ1n) is 4.44. The quantitative estimate of drug-likeness (QED) is 0.658. The van der Waals surface area contributed by atoms with Crippen LogP contribution in [0.1, 0.15) is 26.2 Å². The molecule has 62 valence electrons. The molecule has 2 aliphatic rings. The molecule has 0 spiro atoms. The average molecular weight is 154 g/mol. The first kappa shape index (κ1) is 7.14. The van der Waals surface area contributed by atoms with Crippen molar-refractivity contribution < 1.29 is 9.90 Å². The molecule has 2 heteroatoms. The lowest BCUT2D eigenvalue weighted by Gasteiger charge is -2.06. The van der Waals surface area contributed by atoms with Crippen molar-refractivity contribution in [3.63, 3.8) is 0 Å². The van der Waals surface area contributed by atoms with Gasteiger partial charge in [0.2, 0.25) is 0 Å². The standard InChI is InChI=1S/C9H14O2/c1-5(9(10)11)8-6-3-2-4-7(6)8/h5-8H,2-4H2,1H3,(H,10,11). The van der Waals surface area contributed by atoms with Gasteiger partial charge in [-0.15, -0.1) is 0 Å². The van der Waals surface area contributed by atoms with Crippen LogP contribution in [0.4, 0.5) is 0 Å². The third-order valence-electron chi connectivity index (χ3n) is 3.44. The van der Waals surface area contributed by atoms with Crippen LogP contribution >= 0.6 is 0 Å². The number of rotatable bonds is 2. The summed E-state index contributed by atoms with van der Waals surface area (Å²) in [5, 5.41) is 8.75. The third-order valence-corrected chi connectivity index (χ3v) is 3.44. The maximum atomic E-state index is 10.6. The third kappa shape index (κ3) is 0.959. The van der Waals surface area contributed by atoms with Crippen LogP contribution in [-0.2, 0) is 4.79 Å².